The van der Waals surface area contributed by atoms with E-state index in [1.807, 2.05) is 6.92 Å². The molecule has 0 radical (unpaired) electrons. The lowest BCUT2D eigenvalue weighted by molar-refractivity contribution is 0.588. The molecule has 7 nitrogen and oxygen atoms in total. The summed E-state index contributed by atoms with van der Waals surface area (Å²) in [5, 5.41) is 3.28. The zero-order valence-corrected chi connectivity index (χ0v) is 12.7. The largest absolute Gasteiger partial charge is 0.398 e. The Balaban J connectivity index is 2.25. The minimum absolute atomic E-state index is 0.00570. The van der Waals surface area contributed by atoms with Gasteiger partial charge in [-0.2, -0.15) is 0 Å². The second-order valence-electron chi connectivity index (χ2n) is 4.54. The van der Waals surface area contributed by atoms with Crippen LogP contribution in [-0.2, 0) is 10.0 Å². The molecule has 2 rings (SSSR count). The summed E-state index contributed by atoms with van der Waals surface area (Å²) in [6, 6.07) is 4.78. The van der Waals surface area contributed by atoms with Crippen molar-refractivity contribution in [1.29, 1.82) is 0 Å². The fourth-order valence-electron chi connectivity index (χ4n) is 2.03. The number of hydrogen-bond donors (Lipinski definition) is 4. The van der Waals surface area contributed by atoms with Crippen LogP contribution < -0.4 is 15.8 Å². The van der Waals surface area contributed by atoms with Gasteiger partial charge in [0.05, 0.1) is 11.7 Å². The molecule has 21 heavy (non-hydrogen) atoms. The van der Waals surface area contributed by atoms with E-state index in [1.54, 1.807) is 24.5 Å². The van der Waals surface area contributed by atoms with Crippen LogP contribution in [0.1, 0.15) is 25.2 Å². The number of nitrogens with two attached hydrogens (primary N) is 1. The Morgan fingerprint density at radius 1 is 1.43 bits per heavy atom. The molecule has 0 amide bonds. The topological polar surface area (TPSA) is 113 Å². The van der Waals surface area contributed by atoms with Gasteiger partial charge in [0.25, 0.3) is 0 Å². The minimum atomic E-state index is -3.54. The SMILES string of the molecule is CCC(Nc1ccc(S(=O)(=O)NC)c(N)c1)c1ncc[nH]1. The number of imidazole rings is 1. The lowest BCUT2D eigenvalue weighted by Gasteiger charge is -2.17. The van der Waals surface area contributed by atoms with Crippen LogP contribution in [0, 0.1) is 0 Å². The van der Waals surface area contributed by atoms with Crippen molar-refractivity contribution in [3.8, 4) is 0 Å². The summed E-state index contributed by atoms with van der Waals surface area (Å²) in [7, 11) is -2.19. The van der Waals surface area contributed by atoms with E-state index in [4.69, 9.17) is 5.73 Å². The van der Waals surface area contributed by atoms with E-state index in [9.17, 15) is 8.42 Å². The average molecular weight is 309 g/mol. The molecule has 1 aromatic heterocycles. The second-order valence-corrected chi connectivity index (χ2v) is 6.39. The second kappa shape index (κ2) is 6.15. The molecule has 0 bridgehead atoms. The Kier molecular flexibility index (Phi) is 4.49. The Bertz CT molecular complexity index is 697. The maximum absolute atomic E-state index is 11.8. The third-order valence-electron chi connectivity index (χ3n) is 3.17. The molecule has 1 heterocycles. The van der Waals surface area contributed by atoms with Crippen molar-refractivity contribution in [3.05, 3.63) is 36.4 Å². The zero-order valence-electron chi connectivity index (χ0n) is 11.9. The highest BCUT2D eigenvalue weighted by molar-refractivity contribution is 7.89. The van der Waals surface area contributed by atoms with Crippen LogP contribution in [0.2, 0.25) is 0 Å². The van der Waals surface area contributed by atoms with Gasteiger partial charge in [0.1, 0.15) is 10.7 Å². The van der Waals surface area contributed by atoms with E-state index in [1.165, 1.54) is 13.1 Å². The van der Waals surface area contributed by atoms with Crippen molar-refractivity contribution in [1.82, 2.24) is 14.7 Å². The summed E-state index contributed by atoms with van der Waals surface area (Å²) in [5.41, 5.74) is 6.78. The van der Waals surface area contributed by atoms with Crippen molar-refractivity contribution in [2.24, 2.45) is 0 Å². The molecule has 1 atom stereocenters. The molecule has 5 N–H and O–H groups in total. The first-order valence-corrected chi connectivity index (χ1v) is 8.05. The normalized spacial score (nSPS) is 13.0. The number of nitrogens with one attached hydrogen (secondary N) is 3. The molecule has 0 spiro atoms. The van der Waals surface area contributed by atoms with Crippen molar-refractivity contribution in [2.45, 2.75) is 24.3 Å². The summed E-state index contributed by atoms with van der Waals surface area (Å²) in [6.45, 7) is 2.03. The van der Waals surface area contributed by atoms with Crippen LogP contribution in [0.15, 0.2) is 35.5 Å². The first-order valence-electron chi connectivity index (χ1n) is 6.56. The maximum atomic E-state index is 11.8. The van der Waals surface area contributed by atoms with Gasteiger partial charge in [0.15, 0.2) is 0 Å². The number of sulfonamides is 1. The summed E-state index contributed by atoms with van der Waals surface area (Å²) >= 11 is 0. The Morgan fingerprint density at radius 2 is 2.19 bits per heavy atom. The highest BCUT2D eigenvalue weighted by Crippen LogP contribution is 2.25. The van der Waals surface area contributed by atoms with E-state index in [0.29, 0.717) is 0 Å². The van der Waals surface area contributed by atoms with Crippen LogP contribution in [0.3, 0.4) is 0 Å². The molecule has 0 saturated heterocycles. The standard InChI is InChI=1S/C13H19N5O2S/c1-3-11(13-16-6-7-17-13)18-9-4-5-12(10(14)8-9)21(19,20)15-2/h4-8,11,15,18H,3,14H2,1-2H3,(H,16,17). The van der Waals surface area contributed by atoms with Crippen LogP contribution in [-0.4, -0.2) is 25.4 Å². The van der Waals surface area contributed by atoms with Crippen molar-refractivity contribution in [2.75, 3.05) is 18.1 Å². The smallest absolute Gasteiger partial charge is 0.242 e. The third-order valence-corrected chi connectivity index (χ3v) is 4.65. The summed E-state index contributed by atoms with van der Waals surface area (Å²) in [6.07, 6.45) is 4.28. The molecule has 8 heteroatoms. The molecule has 0 saturated carbocycles. The predicted molar refractivity (Wildman–Crippen MR) is 82.3 cm³/mol. The van der Waals surface area contributed by atoms with E-state index >= 15 is 0 Å². The number of rotatable bonds is 6. The van der Waals surface area contributed by atoms with Gasteiger partial charge < -0.3 is 16.0 Å². The molecule has 114 valence electrons. The molecule has 0 aliphatic rings. The lowest BCUT2D eigenvalue weighted by Crippen LogP contribution is -2.20. The highest BCUT2D eigenvalue weighted by atomic mass is 32.2. The van der Waals surface area contributed by atoms with E-state index in [0.717, 1.165) is 17.9 Å². The Morgan fingerprint density at radius 3 is 2.71 bits per heavy atom. The quantitative estimate of drug-likeness (QED) is 0.603. The molecular weight excluding hydrogens is 290 g/mol. The number of hydrogen-bond acceptors (Lipinski definition) is 5. The number of nitrogens with zero attached hydrogens (tertiary/aromatic N) is 1. The fourth-order valence-corrected chi connectivity index (χ4v) is 2.86. The van der Waals surface area contributed by atoms with E-state index < -0.39 is 10.0 Å². The lowest BCUT2D eigenvalue weighted by atomic mass is 10.2. The summed E-state index contributed by atoms with van der Waals surface area (Å²) in [5.74, 6) is 0.822. The highest BCUT2D eigenvalue weighted by Gasteiger charge is 2.17. The van der Waals surface area contributed by atoms with Gasteiger partial charge in [-0.05, 0) is 31.7 Å². The predicted octanol–water partition coefficient (Wildman–Crippen LogP) is 1.46. The fraction of sp³-hybridized carbons (Fsp3) is 0.308. The monoisotopic (exact) mass is 309 g/mol. The molecule has 1 aromatic carbocycles. The molecule has 0 fully saturated rings. The van der Waals surface area contributed by atoms with Crippen LogP contribution in [0.25, 0.3) is 0 Å². The third kappa shape index (κ3) is 3.34. The average Bonchev–Trinajstić information content (AvgIpc) is 2.98. The number of aromatic amines is 1. The minimum Gasteiger partial charge on any atom is -0.398 e. The van der Waals surface area contributed by atoms with Gasteiger partial charge in [-0.3, -0.25) is 0 Å². The molecule has 2 aromatic rings. The van der Waals surface area contributed by atoms with Crippen LogP contribution in [0.4, 0.5) is 11.4 Å². The number of nitrogen functional groups attached to an aromatic ring is 1. The molecular formula is C13H19N5O2S. The Labute approximate surface area is 124 Å². The number of aromatic nitrogens is 2. The molecule has 1 unspecified atom stereocenters. The van der Waals surface area contributed by atoms with Gasteiger partial charge in [-0.25, -0.2) is 18.1 Å². The summed E-state index contributed by atoms with van der Waals surface area (Å²) < 4.78 is 25.8. The van der Waals surface area contributed by atoms with Crippen LogP contribution >= 0.6 is 0 Å². The maximum Gasteiger partial charge on any atom is 0.242 e. The number of H-pyrrole nitrogens is 1. The first kappa shape index (κ1) is 15.3. The van der Waals surface area contributed by atoms with Gasteiger partial charge in [0, 0.05) is 18.1 Å². The Hall–Kier alpha value is -2.06. The first-order chi connectivity index (χ1) is 9.97. The molecule has 0 aliphatic carbocycles. The zero-order chi connectivity index (χ0) is 15.5. The number of anilines is 2. The van der Waals surface area contributed by atoms with E-state index in [-0.39, 0.29) is 16.6 Å². The van der Waals surface area contributed by atoms with Crippen molar-refractivity contribution in [3.63, 3.8) is 0 Å². The van der Waals surface area contributed by atoms with Gasteiger partial charge in [0.2, 0.25) is 10.0 Å². The van der Waals surface area contributed by atoms with Gasteiger partial charge in [-0.15, -0.1) is 0 Å². The van der Waals surface area contributed by atoms with Crippen molar-refractivity contribution < 1.29 is 8.42 Å². The van der Waals surface area contributed by atoms with Crippen molar-refractivity contribution >= 4 is 21.4 Å². The molecule has 0 aliphatic heterocycles. The number of benzene rings is 1. The van der Waals surface area contributed by atoms with E-state index in [2.05, 4.69) is 20.0 Å². The van der Waals surface area contributed by atoms with Gasteiger partial charge in [-0.1, -0.05) is 6.92 Å². The van der Waals surface area contributed by atoms with Crippen LogP contribution in [0.5, 0.6) is 0 Å². The van der Waals surface area contributed by atoms with Gasteiger partial charge >= 0.3 is 0 Å². The summed E-state index contributed by atoms with van der Waals surface area (Å²) in [4.78, 5) is 7.35.